The SMILES string of the molecule is O=C1OCCCc2cc3ccccc3n2C(=O)OCCCc2cc3ccccc3n21. The molecule has 0 saturated carbocycles. The molecular weight excluding hydrogens is 380 g/mol. The van der Waals surface area contributed by atoms with E-state index >= 15 is 0 Å². The molecule has 0 bridgehead atoms. The summed E-state index contributed by atoms with van der Waals surface area (Å²) < 4.78 is 14.5. The van der Waals surface area contributed by atoms with Gasteiger partial charge >= 0.3 is 12.2 Å². The van der Waals surface area contributed by atoms with E-state index in [0.717, 1.165) is 33.2 Å². The standard InChI is InChI=1S/C24H22N2O4/c27-23-25-19(15-17-7-1-3-11-21(17)25)9-5-13-30-24(28)26-20(10-6-14-29-23)16-18-8-2-4-12-22(18)26/h1-4,7-8,11-12,15-16H,5-6,9-10,13-14H2. The zero-order valence-corrected chi connectivity index (χ0v) is 16.5. The largest absolute Gasteiger partial charge is 0.449 e. The molecule has 2 aromatic carbocycles. The Morgan fingerprint density at radius 2 is 1.07 bits per heavy atom. The van der Waals surface area contributed by atoms with E-state index < -0.39 is 0 Å². The van der Waals surface area contributed by atoms with Crippen molar-refractivity contribution in [3.05, 3.63) is 72.1 Å². The van der Waals surface area contributed by atoms with E-state index in [2.05, 4.69) is 0 Å². The fraction of sp³-hybridized carbons (Fsp3) is 0.250. The number of nitrogens with zero attached hydrogens (tertiary/aromatic N) is 2. The molecule has 0 saturated heterocycles. The third-order valence-corrected chi connectivity index (χ3v) is 5.54. The van der Waals surface area contributed by atoms with Gasteiger partial charge in [-0.25, -0.2) is 18.7 Å². The van der Waals surface area contributed by atoms with Gasteiger partial charge in [-0.2, -0.15) is 0 Å². The van der Waals surface area contributed by atoms with Crippen LogP contribution in [0.3, 0.4) is 0 Å². The van der Waals surface area contributed by atoms with Gasteiger partial charge in [0.15, 0.2) is 0 Å². The van der Waals surface area contributed by atoms with Gasteiger partial charge in [0.25, 0.3) is 0 Å². The molecule has 6 nitrogen and oxygen atoms in total. The summed E-state index contributed by atoms with van der Waals surface area (Å²) in [6.45, 7) is 0.558. The number of benzene rings is 2. The van der Waals surface area contributed by atoms with Crippen molar-refractivity contribution < 1.29 is 19.1 Å². The predicted molar refractivity (Wildman–Crippen MR) is 114 cm³/mol. The van der Waals surface area contributed by atoms with Crippen LogP contribution in [-0.4, -0.2) is 34.5 Å². The molecule has 0 fully saturated rings. The first-order valence-corrected chi connectivity index (χ1v) is 10.3. The molecule has 0 atom stereocenters. The number of aryl methyl sites for hydroxylation is 2. The normalized spacial score (nSPS) is 15.9. The fourth-order valence-corrected chi connectivity index (χ4v) is 4.18. The minimum absolute atomic E-state index is 0.279. The van der Waals surface area contributed by atoms with E-state index in [1.54, 1.807) is 9.13 Å². The molecule has 30 heavy (non-hydrogen) atoms. The van der Waals surface area contributed by atoms with E-state index in [9.17, 15) is 9.59 Å². The number of ether oxygens (including phenoxy) is 2. The fourth-order valence-electron chi connectivity index (χ4n) is 4.18. The van der Waals surface area contributed by atoms with Gasteiger partial charge in [-0.1, -0.05) is 36.4 Å². The third-order valence-electron chi connectivity index (χ3n) is 5.54. The number of aromatic nitrogens is 2. The van der Waals surface area contributed by atoms with E-state index in [4.69, 9.17) is 9.47 Å². The molecule has 0 amide bonds. The smallest absolute Gasteiger partial charge is 0.418 e. The number of cyclic esters (lactones) is 2. The van der Waals surface area contributed by atoms with Crippen LogP contribution in [0.15, 0.2) is 60.7 Å². The number of para-hydroxylation sites is 2. The van der Waals surface area contributed by atoms with Crippen LogP contribution in [-0.2, 0) is 22.3 Å². The quantitative estimate of drug-likeness (QED) is 0.408. The van der Waals surface area contributed by atoms with Crippen LogP contribution in [0.25, 0.3) is 21.8 Å². The van der Waals surface area contributed by atoms with E-state index in [-0.39, 0.29) is 25.4 Å². The first-order valence-electron chi connectivity index (χ1n) is 10.3. The zero-order chi connectivity index (χ0) is 20.5. The molecule has 1 aliphatic rings. The molecule has 0 spiro atoms. The minimum atomic E-state index is -0.360. The van der Waals surface area contributed by atoms with Crippen LogP contribution in [0, 0.1) is 0 Å². The summed E-state index contributed by atoms with van der Waals surface area (Å²) in [5.74, 6) is 0. The summed E-state index contributed by atoms with van der Waals surface area (Å²) in [5.41, 5.74) is 3.39. The average Bonchev–Trinajstić information content (AvgIpc) is 3.31. The lowest BCUT2D eigenvalue weighted by Gasteiger charge is -2.13. The molecule has 3 heterocycles. The number of carbonyl (C=O) groups excluding carboxylic acids is 2. The lowest BCUT2D eigenvalue weighted by atomic mass is 10.2. The molecule has 0 unspecified atom stereocenters. The Bertz CT molecular complexity index is 1150. The molecule has 4 aromatic rings. The molecule has 0 N–H and O–H groups in total. The summed E-state index contributed by atoms with van der Waals surface area (Å²) in [7, 11) is 0. The van der Waals surface area contributed by atoms with Gasteiger partial charge in [-0.3, -0.25) is 0 Å². The van der Waals surface area contributed by atoms with Crippen LogP contribution >= 0.6 is 0 Å². The monoisotopic (exact) mass is 402 g/mol. The Morgan fingerprint density at radius 1 is 0.633 bits per heavy atom. The minimum Gasteiger partial charge on any atom is -0.449 e. The predicted octanol–water partition coefficient (Wildman–Crippen LogP) is 5.14. The van der Waals surface area contributed by atoms with Crippen molar-refractivity contribution in [3.63, 3.8) is 0 Å². The highest BCUT2D eigenvalue weighted by Gasteiger charge is 2.19. The van der Waals surface area contributed by atoms with Crippen molar-refractivity contribution in [1.29, 1.82) is 0 Å². The van der Waals surface area contributed by atoms with Crippen molar-refractivity contribution in [2.75, 3.05) is 13.2 Å². The molecular formula is C24H22N2O4. The van der Waals surface area contributed by atoms with Crippen LogP contribution < -0.4 is 0 Å². The molecule has 152 valence electrons. The van der Waals surface area contributed by atoms with E-state index in [1.165, 1.54) is 0 Å². The van der Waals surface area contributed by atoms with Crippen molar-refractivity contribution in [2.45, 2.75) is 25.7 Å². The lowest BCUT2D eigenvalue weighted by molar-refractivity contribution is 0.140. The molecule has 6 heteroatoms. The number of hydrogen-bond donors (Lipinski definition) is 0. The number of fused-ring (bicyclic) bond motifs is 6. The van der Waals surface area contributed by atoms with Crippen LogP contribution in [0.4, 0.5) is 9.59 Å². The van der Waals surface area contributed by atoms with E-state index in [1.807, 2.05) is 60.7 Å². The van der Waals surface area contributed by atoms with Gasteiger partial charge in [0.1, 0.15) is 0 Å². The summed E-state index contributed by atoms with van der Waals surface area (Å²) in [5, 5.41) is 1.99. The lowest BCUT2D eigenvalue weighted by Crippen LogP contribution is -2.20. The second-order valence-corrected chi connectivity index (χ2v) is 7.50. The average molecular weight is 402 g/mol. The second kappa shape index (κ2) is 7.71. The highest BCUT2D eigenvalue weighted by molar-refractivity contribution is 5.91. The van der Waals surface area contributed by atoms with Crippen molar-refractivity contribution in [1.82, 2.24) is 9.13 Å². The van der Waals surface area contributed by atoms with Gasteiger partial charge in [-0.15, -0.1) is 0 Å². The second-order valence-electron chi connectivity index (χ2n) is 7.50. The Morgan fingerprint density at radius 3 is 1.53 bits per heavy atom. The highest BCUT2D eigenvalue weighted by atomic mass is 16.6. The Kier molecular flexibility index (Phi) is 4.75. The van der Waals surface area contributed by atoms with Crippen LogP contribution in [0.5, 0.6) is 0 Å². The van der Waals surface area contributed by atoms with Crippen LogP contribution in [0.1, 0.15) is 24.2 Å². The molecule has 0 radical (unpaired) electrons. The Hall–Kier alpha value is -3.54. The topological polar surface area (TPSA) is 62.5 Å². The Labute approximate surface area is 173 Å². The number of hydrogen-bond acceptors (Lipinski definition) is 4. The maximum Gasteiger partial charge on any atom is 0.418 e. The third kappa shape index (κ3) is 3.24. The van der Waals surface area contributed by atoms with Gasteiger partial charge in [0.05, 0.1) is 24.2 Å². The van der Waals surface area contributed by atoms with Gasteiger partial charge < -0.3 is 9.47 Å². The zero-order valence-electron chi connectivity index (χ0n) is 16.5. The summed E-state index contributed by atoms with van der Waals surface area (Å²) >= 11 is 0. The van der Waals surface area contributed by atoms with Gasteiger partial charge in [0, 0.05) is 22.2 Å². The summed E-state index contributed by atoms with van der Waals surface area (Å²) in [6, 6.07) is 19.5. The van der Waals surface area contributed by atoms with Gasteiger partial charge in [-0.05, 0) is 49.9 Å². The summed E-state index contributed by atoms with van der Waals surface area (Å²) in [6.07, 6.45) is 1.72. The van der Waals surface area contributed by atoms with Crippen LogP contribution in [0.2, 0.25) is 0 Å². The summed E-state index contributed by atoms with van der Waals surface area (Å²) in [4.78, 5) is 25.7. The maximum atomic E-state index is 12.8. The molecule has 5 rings (SSSR count). The molecule has 2 aromatic heterocycles. The first-order chi connectivity index (χ1) is 14.7. The highest BCUT2D eigenvalue weighted by Crippen LogP contribution is 2.24. The maximum absolute atomic E-state index is 12.8. The van der Waals surface area contributed by atoms with Gasteiger partial charge in [0.2, 0.25) is 0 Å². The number of rotatable bonds is 0. The van der Waals surface area contributed by atoms with Crippen molar-refractivity contribution in [2.24, 2.45) is 0 Å². The van der Waals surface area contributed by atoms with Crippen molar-refractivity contribution in [3.8, 4) is 0 Å². The first kappa shape index (κ1) is 18.5. The number of carbonyl (C=O) groups is 2. The molecule has 1 aliphatic heterocycles. The van der Waals surface area contributed by atoms with E-state index in [0.29, 0.717) is 25.7 Å². The molecule has 0 aliphatic carbocycles. The Balaban J connectivity index is 1.46. The van der Waals surface area contributed by atoms with Crippen molar-refractivity contribution >= 4 is 34.0 Å².